The van der Waals surface area contributed by atoms with Crippen molar-refractivity contribution < 1.29 is 0 Å². The molecule has 1 aliphatic rings. The van der Waals surface area contributed by atoms with E-state index in [1.54, 1.807) is 0 Å². The van der Waals surface area contributed by atoms with Crippen LogP contribution in [0.4, 0.5) is 34.1 Å². The van der Waals surface area contributed by atoms with E-state index in [4.69, 9.17) is 0 Å². The van der Waals surface area contributed by atoms with Crippen LogP contribution in [0.25, 0.3) is 89.0 Å². The highest BCUT2D eigenvalue weighted by Crippen LogP contribution is 2.53. The van der Waals surface area contributed by atoms with Gasteiger partial charge in [0.05, 0.1) is 0 Å². The van der Waals surface area contributed by atoms with Crippen molar-refractivity contribution in [3.63, 3.8) is 0 Å². The first-order valence-electron chi connectivity index (χ1n) is 29.2. The van der Waals surface area contributed by atoms with Gasteiger partial charge in [-0.1, -0.05) is 250 Å². The lowest BCUT2D eigenvalue weighted by Crippen LogP contribution is -2.16. The second-order valence-electron chi connectivity index (χ2n) is 22.5. The molecule has 84 heavy (non-hydrogen) atoms. The van der Waals surface area contributed by atoms with Crippen molar-refractivity contribution in [3.05, 3.63) is 338 Å². The molecule has 2 nitrogen and oxygen atoms in total. The first-order chi connectivity index (χ1) is 41.4. The standard InChI is InChI=1S/C82H62N2/c1-57-24-22-39-78-80(57)73-53-52-70(54-79(73)82(78,2)3)84(69-50-44-64(45-51-69)81-71(58-25-10-4-11-26-58)37-23-38-72(81)59-27-12-5-13-28-59)68-48-42-63(43-49-68)77-56-74(60-29-14-6-15-30-60)76(55-75(77)61-31-16-7-17-32-61)62-40-46-67(47-41-62)83(65-33-18-8-19-34-65)66-35-20-9-21-36-66/h4-56H,1-3H3. The molecular formula is C82H62N2. The van der Waals surface area contributed by atoms with E-state index in [-0.39, 0.29) is 5.41 Å². The van der Waals surface area contributed by atoms with Gasteiger partial charge in [0, 0.05) is 39.5 Å². The summed E-state index contributed by atoms with van der Waals surface area (Å²) in [7, 11) is 0. The lowest BCUT2D eigenvalue weighted by atomic mass is 9.82. The van der Waals surface area contributed by atoms with Crippen molar-refractivity contribution in [1.82, 2.24) is 0 Å². The Morgan fingerprint density at radius 1 is 0.214 bits per heavy atom. The predicted octanol–water partition coefficient (Wildman–Crippen LogP) is 22.9. The van der Waals surface area contributed by atoms with E-state index < -0.39 is 0 Å². The third kappa shape index (κ3) is 9.58. The molecule has 0 radical (unpaired) electrons. The normalized spacial score (nSPS) is 12.1. The number of nitrogens with zero attached hydrogens (tertiary/aromatic N) is 2. The minimum atomic E-state index is -0.176. The van der Waals surface area contributed by atoms with Gasteiger partial charge in [-0.2, -0.15) is 0 Å². The Morgan fingerprint density at radius 2 is 0.536 bits per heavy atom. The minimum Gasteiger partial charge on any atom is -0.311 e. The Balaban J connectivity index is 0.902. The van der Waals surface area contributed by atoms with Crippen molar-refractivity contribution in [2.24, 2.45) is 0 Å². The molecule has 400 valence electrons. The van der Waals surface area contributed by atoms with E-state index in [1.807, 2.05) is 0 Å². The summed E-state index contributed by atoms with van der Waals surface area (Å²) in [5, 5.41) is 0. The SMILES string of the molecule is Cc1cccc2c1-c1ccc(N(c3ccc(-c4cc(-c5ccccc5)c(-c5ccc(N(c6ccccc6)c6ccccc6)cc5)cc4-c4ccccc4)cc3)c3ccc(-c4c(-c5ccccc5)cccc4-c4ccccc4)cc3)cc1C2(C)C. The van der Waals surface area contributed by atoms with E-state index in [0.717, 1.165) is 61.9 Å². The zero-order valence-electron chi connectivity index (χ0n) is 47.5. The fraction of sp³-hybridized carbons (Fsp3) is 0.0488. The van der Waals surface area contributed by atoms with Crippen LogP contribution < -0.4 is 9.80 Å². The van der Waals surface area contributed by atoms with Gasteiger partial charge in [0.2, 0.25) is 0 Å². The van der Waals surface area contributed by atoms with Crippen LogP contribution in [0, 0.1) is 6.92 Å². The number of para-hydroxylation sites is 2. The minimum absolute atomic E-state index is 0.176. The number of anilines is 6. The van der Waals surface area contributed by atoms with Crippen LogP contribution in [0.1, 0.15) is 30.5 Å². The van der Waals surface area contributed by atoms with Crippen molar-refractivity contribution >= 4 is 34.1 Å². The van der Waals surface area contributed by atoms with Crippen LogP contribution in [-0.4, -0.2) is 0 Å². The second-order valence-corrected chi connectivity index (χ2v) is 22.5. The number of benzene rings is 13. The zero-order chi connectivity index (χ0) is 56.6. The quantitative estimate of drug-likeness (QED) is 0.114. The highest BCUT2D eigenvalue weighted by Gasteiger charge is 2.37. The summed E-state index contributed by atoms with van der Waals surface area (Å²) in [6.45, 7) is 7.00. The van der Waals surface area contributed by atoms with Crippen LogP contribution in [0.3, 0.4) is 0 Å². The van der Waals surface area contributed by atoms with Crippen LogP contribution in [0.5, 0.6) is 0 Å². The lowest BCUT2D eigenvalue weighted by molar-refractivity contribution is 0.660. The van der Waals surface area contributed by atoms with E-state index in [0.29, 0.717) is 0 Å². The maximum absolute atomic E-state index is 2.45. The Morgan fingerprint density at radius 3 is 0.952 bits per heavy atom. The summed E-state index contributed by atoms with van der Waals surface area (Å²) in [6, 6.07) is 118. The summed E-state index contributed by atoms with van der Waals surface area (Å²) in [5.41, 5.74) is 29.6. The Hall–Kier alpha value is -10.5. The average molecular weight is 1080 g/mol. The topological polar surface area (TPSA) is 6.48 Å². The van der Waals surface area contributed by atoms with Gasteiger partial charge in [0.1, 0.15) is 0 Å². The van der Waals surface area contributed by atoms with Gasteiger partial charge < -0.3 is 9.80 Å². The molecule has 0 atom stereocenters. The molecule has 0 bridgehead atoms. The molecule has 13 aromatic carbocycles. The molecule has 13 aromatic rings. The summed E-state index contributed by atoms with van der Waals surface area (Å²) in [5.74, 6) is 0. The van der Waals surface area contributed by atoms with Crippen LogP contribution in [-0.2, 0) is 5.41 Å². The molecule has 2 heteroatoms. The molecule has 0 heterocycles. The van der Waals surface area contributed by atoms with Crippen LogP contribution in [0.15, 0.2) is 322 Å². The molecular weight excluding hydrogens is 1010 g/mol. The van der Waals surface area contributed by atoms with Crippen LogP contribution >= 0.6 is 0 Å². The van der Waals surface area contributed by atoms with Gasteiger partial charge in [0.15, 0.2) is 0 Å². The average Bonchev–Trinajstić information content (AvgIpc) is 2.40. The van der Waals surface area contributed by atoms with E-state index >= 15 is 0 Å². The molecule has 0 aromatic heterocycles. The van der Waals surface area contributed by atoms with Gasteiger partial charge in [-0.15, -0.1) is 0 Å². The Bertz CT molecular complexity index is 4350. The molecule has 0 aliphatic heterocycles. The monoisotopic (exact) mass is 1070 g/mol. The summed E-state index contributed by atoms with van der Waals surface area (Å²) in [6.07, 6.45) is 0. The number of hydrogen-bond acceptors (Lipinski definition) is 2. The van der Waals surface area contributed by atoms with E-state index in [9.17, 15) is 0 Å². The smallest absolute Gasteiger partial charge is 0.0465 e. The maximum atomic E-state index is 2.45. The molecule has 1 aliphatic carbocycles. The summed E-state index contributed by atoms with van der Waals surface area (Å²) in [4.78, 5) is 4.76. The van der Waals surface area contributed by atoms with Gasteiger partial charge in [-0.05, 0) is 198 Å². The summed E-state index contributed by atoms with van der Waals surface area (Å²) < 4.78 is 0. The van der Waals surface area contributed by atoms with Crippen molar-refractivity contribution in [1.29, 1.82) is 0 Å². The molecule has 0 saturated heterocycles. The molecule has 0 N–H and O–H groups in total. The number of hydrogen-bond donors (Lipinski definition) is 0. The van der Waals surface area contributed by atoms with E-state index in [1.165, 1.54) is 77.9 Å². The van der Waals surface area contributed by atoms with Crippen molar-refractivity contribution in [2.75, 3.05) is 9.80 Å². The van der Waals surface area contributed by atoms with Gasteiger partial charge in [-0.25, -0.2) is 0 Å². The molecule has 0 saturated carbocycles. The Labute approximate surface area is 494 Å². The fourth-order valence-corrected chi connectivity index (χ4v) is 12.9. The Kier molecular flexibility index (Phi) is 13.6. The molecule has 14 rings (SSSR count). The first-order valence-corrected chi connectivity index (χ1v) is 29.2. The molecule has 0 spiro atoms. The largest absolute Gasteiger partial charge is 0.311 e. The molecule has 0 unspecified atom stereocenters. The lowest BCUT2D eigenvalue weighted by Gasteiger charge is -2.28. The molecule has 0 fully saturated rings. The highest BCUT2D eigenvalue weighted by molar-refractivity contribution is 5.98. The van der Waals surface area contributed by atoms with Crippen LogP contribution in [0.2, 0.25) is 0 Å². The summed E-state index contributed by atoms with van der Waals surface area (Å²) >= 11 is 0. The van der Waals surface area contributed by atoms with Crippen molar-refractivity contribution in [3.8, 4) is 89.0 Å². The van der Waals surface area contributed by atoms with Gasteiger partial charge in [0.25, 0.3) is 0 Å². The fourth-order valence-electron chi connectivity index (χ4n) is 12.9. The van der Waals surface area contributed by atoms with Crippen molar-refractivity contribution in [2.45, 2.75) is 26.2 Å². The maximum Gasteiger partial charge on any atom is 0.0465 e. The number of rotatable bonds is 13. The van der Waals surface area contributed by atoms with Gasteiger partial charge >= 0.3 is 0 Å². The van der Waals surface area contributed by atoms with Gasteiger partial charge in [-0.3, -0.25) is 0 Å². The third-order valence-corrected chi connectivity index (χ3v) is 17.0. The highest BCUT2D eigenvalue weighted by atomic mass is 15.1. The number of aryl methyl sites for hydroxylation is 1. The zero-order valence-corrected chi connectivity index (χ0v) is 47.5. The van der Waals surface area contributed by atoms with E-state index in [2.05, 4.69) is 352 Å². The first kappa shape index (κ1) is 51.6. The molecule has 0 amide bonds. The predicted molar refractivity (Wildman–Crippen MR) is 356 cm³/mol. The third-order valence-electron chi connectivity index (χ3n) is 17.0. The second kappa shape index (κ2) is 22.1. The number of fused-ring (bicyclic) bond motifs is 3.